The molecule has 3 heterocycles. The molecule has 1 aliphatic rings. The Morgan fingerprint density at radius 1 is 1.12 bits per heavy atom. The van der Waals surface area contributed by atoms with Crippen LogP contribution in [0.1, 0.15) is 5.76 Å². The molecule has 4 rings (SSSR count). The molecule has 130 valence electrons. The van der Waals surface area contributed by atoms with E-state index in [1.54, 1.807) is 6.26 Å². The van der Waals surface area contributed by atoms with Crippen molar-refractivity contribution in [2.75, 3.05) is 38.0 Å². The fourth-order valence-corrected chi connectivity index (χ4v) is 3.58. The number of hydrogen-bond acceptors (Lipinski definition) is 7. The van der Waals surface area contributed by atoms with E-state index in [0.29, 0.717) is 6.54 Å². The molecule has 0 radical (unpaired) electrons. The van der Waals surface area contributed by atoms with E-state index in [4.69, 9.17) is 4.42 Å². The molecule has 0 unspecified atom stereocenters. The Hall–Kier alpha value is -2.29. The Balaban J connectivity index is 1.28. The summed E-state index contributed by atoms with van der Waals surface area (Å²) in [7, 11) is 0. The predicted molar refractivity (Wildman–Crippen MR) is 96.5 cm³/mol. The first-order valence-corrected chi connectivity index (χ1v) is 8.99. The average molecular weight is 357 g/mol. The van der Waals surface area contributed by atoms with Crippen molar-refractivity contribution < 1.29 is 9.21 Å². The van der Waals surface area contributed by atoms with Crippen LogP contribution in [0, 0.1) is 0 Å². The van der Waals surface area contributed by atoms with Crippen molar-refractivity contribution >= 4 is 34.4 Å². The quantitative estimate of drug-likeness (QED) is 0.753. The minimum Gasteiger partial charge on any atom is -0.468 e. The molecule has 0 saturated carbocycles. The van der Waals surface area contributed by atoms with Crippen molar-refractivity contribution in [2.24, 2.45) is 0 Å². The molecule has 1 aliphatic heterocycles. The highest BCUT2D eigenvalue weighted by molar-refractivity contribution is 7.00. The van der Waals surface area contributed by atoms with Crippen LogP contribution in [-0.2, 0) is 11.3 Å². The maximum Gasteiger partial charge on any atom is 0.238 e. The molecule has 2 aromatic heterocycles. The van der Waals surface area contributed by atoms with Gasteiger partial charge in [0.1, 0.15) is 16.8 Å². The molecular weight excluding hydrogens is 338 g/mol. The van der Waals surface area contributed by atoms with Crippen molar-refractivity contribution in [3.63, 3.8) is 0 Å². The summed E-state index contributed by atoms with van der Waals surface area (Å²) < 4.78 is 13.8. The fourth-order valence-electron chi connectivity index (χ4n) is 3.03. The van der Waals surface area contributed by atoms with E-state index in [1.807, 2.05) is 30.3 Å². The van der Waals surface area contributed by atoms with Gasteiger partial charge < -0.3 is 9.73 Å². The van der Waals surface area contributed by atoms with Crippen molar-refractivity contribution in [2.45, 2.75) is 6.54 Å². The minimum absolute atomic E-state index is 0.0139. The first-order chi connectivity index (χ1) is 12.3. The van der Waals surface area contributed by atoms with Crippen molar-refractivity contribution in [3.05, 3.63) is 42.4 Å². The molecule has 0 aliphatic carbocycles. The van der Waals surface area contributed by atoms with E-state index in [0.717, 1.165) is 66.9 Å². The van der Waals surface area contributed by atoms with Crippen LogP contribution in [-0.4, -0.2) is 57.2 Å². The number of nitrogens with zero attached hydrogens (tertiary/aromatic N) is 4. The van der Waals surface area contributed by atoms with Gasteiger partial charge in [0, 0.05) is 26.2 Å². The summed E-state index contributed by atoms with van der Waals surface area (Å²) in [5.74, 6) is 0.969. The number of carbonyl (C=O) groups is 1. The van der Waals surface area contributed by atoms with E-state index < -0.39 is 0 Å². The van der Waals surface area contributed by atoms with Gasteiger partial charge in [0.05, 0.1) is 36.8 Å². The van der Waals surface area contributed by atoms with Crippen LogP contribution in [0.15, 0.2) is 41.0 Å². The van der Waals surface area contributed by atoms with Gasteiger partial charge in [-0.25, -0.2) is 0 Å². The number of piperazine rings is 1. The standard InChI is InChI=1S/C17H19N5O2S/c23-16(18-14-4-1-5-15-17(14)20-25-19-15)12-22-8-6-21(7-9-22)11-13-3-2-10-24-13/h1-5,10H,6-9,11-12H2,(H,18,23). The van der Waals surface area contributed by atoms with E-state index in [1.165, 1.54) is 0 Å². The summed E-state index contributed by atoms with van der Waals surface area (Å²) in [6.45, 7) is 4.82. The highest BCUT2D eigenvalue weighted by Gasteiger charge is 2.20. The molecule has 25 heavy (non-hydrogen) atoms. The molecule has 1 aromatic carbocycles. The topological polar surface area (TPSA) is 74.5 Å². The number of amides is 1. The van der Waals surface area contributed by atoms with Crippen LogP contribution in [0.25, 0.3) is 11.0 Å². The van der Waals surface area contributed by atoms with E-state index in [9.17, 15) is 4.79 Å². The third-order valence-electron chi connectivity index (χ3n) is 4.35. The maximum absolute atomic E-state index is 12.4. The Labute approximate surface area is 149 Å². The summed E-state index contributed by atoms with van der Waals surface area (Å²) in [5, 5.41) is 2.96. The summed E-state index contributed by atoms with van der Waals surface area (Å²) in [5.41, 5.74) is 2.30. The van der Waals surface area contributed by atoms with Gasteiger partial charge >= 0.3 is 0 Å². The van der Waals surface area contributed by atoms with Crippen LogP contribution in [0.5, 0.6) is 0 Å². The van der Waals surface area contributed by atoms with E-state index >= 15 is 0 Å². The van der Waals surface area contributed by atoms with E-state index in [-0.39, 0.29) is 5.91 Å². The highest BCUT2D eigenvalue weighted by Crippen LogP contribution is 2.21. The lowest BCUT2D eigenvalue weighted by molar-refractivity contribution is -0.117. The largest absolute Gasteiger partial charge is 0.468 e. The number of furan rings is 1. The second-order valence-electron chi connectivity index (χ2n) is 6.12. The third-order valence-corrected chi connectivity index (χ3v) is 4.89. The van der Waals surface area contributed by atoms with Crippen molar-refractivity contribution in [1.82, 2.24) is 18.5 Å². The molecule has 0 spiro atoms. The number of anilines is 1. The number of benzene rings is 1. The number of fused-ring (bicyclic) bond motifs is 1. The summed E-state index contributed by atoms with van der Waals surface area (Å²) in [6.07, 6.45) is 1.70. The second-order valence-corrected chi connectivity index (χ2v) is 6.65. The van der Waals surface area contributed by atoms with Gasteiger partial charge in [-0.3, -0.25) is 14.6 Å². The first kappa shape index (κ1) is 16.2. The Kier molecular flexibility index (Phi) is 4.73. The molecular formula is C17H19N5O2S. The SMILES string of the molecule is O=C(CN1CCN(Cc2ccco2)CC1)Nc1cccc2nsnc12. The molecule has 1 N–H and O–H groups in total. The molecule has 0 bridgehead atoms. The smallest absolute Gasteiger partial charge is 0.238 e. The number of nitrogens with one attached hydrogen (secondary N) is 1. The number of aromatic nitrogens is 2. The number of carbonyl (C=O) groups excluding carboxylic acids is 1. The molecule has 3 aromatic rings. The Morgan fingerprint density at radius 2 is 1.96 bits per heavy atom. The van der Waals surface area contributed by atoms with E-state index in [2.05, 4.69) is 23.9 Å². The van der Waals surface area contributed by atoms with Crippen LogP contribution >= 0.6 is 11.7 Å². The van der Waals surface area contributed by atoms with Gasteiger partial charge in [0.15, 0.2) is 0 Å². The Bertz CT molecular complexity index is 840. The monoisotopic (exact) mass is 357 g/mol. The summed E-state index contributed by atoms with van der Waals surface area (Å²) in [6, 6.07) is 9.55. The molecule has 1 fully saturated rings. The molecule has 8 heteroatoms. The van der Waals surface area contributed by atoms with Gasteiger partial charge in [0.2, 0.25) is 5.91 Å². The lowest BCUT2D eigenvalue weighted by Gasteiger charge is -2.33. The van der Waals surface area contributed by atoms with Gasteiger partial charge in [0.25, 0.3) is 0 Å². The minimum atomic E-state index is -0.0139. The molecule has 1 amide bonds. The second kappa shape index (κ2) is 7.30. The molecule has 1 saturated heterocycles. The van der Waals surface area contributed by atoms with Gasteiger partial charge in [-0.1, -0.05) is 6.07 Å². The zero-order chi connectivity index (χ0) is 17.1. The predicted octanol–water partition coefficient (Wildman–Crippen LogP) is 2.04. The number of hydrogen-bond donors (Lipinski definition) is 1. The molecule has 7 nitrogen and oxygen atoms in total. The fraction of sp³-hybridized carbons (Fsp3) is 0.353. The normalized spacial score (nSPS) is 16.3. The lowest BCUT2D eigenvalue weighted by Crippen LogP contribution is -2.48. The summed E-state index contributed by atoms with van der Waals surface area (Å²) >= 11 is 1.16. The van der Waals surface area contributed by atoms with Crippen molar-refractivity contribution in [1.29, 1.82) is 0 Å². The van der Waals surface area contributed by atoms with Gasteiger partial charge in [-0.15, -0.1) is 0 Å². The van der Waals surface area contributed by atoms with Crippen LogP contribution in [0.2, 0.25) is 0 Å². The Morgan fingerprint density at radius 3 is 2.76 bits per heavy atom. The summed E-state index contributed by atoms with van der Waals surface area (Å²) in [4.78, 5) is 16.9. The zero-order valence-electron chi connectivity index (χ0n) is 13.7. The first-order valence-electron chi connectivity index (χ1n) is 8.26. The number of rotatable bonds is 5. The maximum atomic E-state index is 12.4. The third kappa shape index (κ3) is 3.87. The lowest BCUT2D eigenvalue weighted by atomic mass is 10.2. The van der Waals surface area contributed by atoms with Gasteiger partial charge in [-0.2, -0.15) is 8.75 Å². The van der Waals surface area contributed by atoms with Crippen LogP contribution in [0.3, 0.4) is 0 Å². The average Bonchev–Trinajstić information content (AvgIpc) is 3.28. The van der Waals surface area contributed by atoms with Crippen LogP contribution < -0.4 is 5.32 Å². The van der Waals surface area contributed by atoms with Gasteiger partial charge in [-0.05, 0) is 24.3 Å². The highest BCUT2D eigenvalue weighted by atomic mass is 32.1. The molecule has 0 atom stereocenters. The van der Waals surface area contributed by atoms with Crippen LogP contribution in [0.4, 0.5) is 5.69 Å². The zero-order valence-corrected chi connectivity index (χ0v) is 14.5. The van der Waals surface area contributed by atoms with Crippen molar-refractivity contribution in [3.8, 4) is 0 Å².